The largest absolute Gasteiger partial charge is 0.493 e. The van der Waals surface area contributed by atoms with Crippen LogP contribution >= 0.6 is 38.5 Å². The molecule has 0 aliphatic carbocycles. The number of nitrogens with zero attached hydrogens (tertiary/aromatic N) is 1. The molecule has 1 fully saturated rings. The second kappa shape index (κ2) is 12.4. The number of halogens is 2. The van der Waals surface area contributed by atoms with E-state index in [9.17, 15) is 19.2 Å². The molecule has 0 unspecified atom stereocenters. The molecule has 1 heterocycles. The molecule has 3 aromatic carbocycles. The molecule has 0 radical (unpaired) electrons. The van der Waals surface area contributed by atoms with Gasteiger partial charge in [-0.1, -0.05) is 28.1 Å². The molecule has 3 aromatic rings. The molecule has 39 heavy (non-hydrogen) atoms. The molecule has 1 aliphatic heterocycles. The lowest BCUT2D eigenvalue weighted by Crippen LogP contribution is -2.54. The van der Waals surface area contributed by atoms with Crippen molar-refractivity contribution in [1.82, 2.24) is 5.32 Å². The van der Waals surface area contributed by atoms with Crippen LogP contribution in [-0.2, 0) is 20.9 Å². The fourth-order valence-electron chi connectivity index (χ4n) is 3.72. The van der Waals surface area contributed by atoms with Crippen molar-refractivity contribution in [3.63, 3.8) is 0 Å². The van der Waals surface area contributed by atoms with Gasteiger partial charge in [0, 0.05) is 4.47 Å². The summed E-state index contributed by atoms with van der Waals surface area (Å²) in [6.07, 6.45) is 1.38. The van der Waals surface area contributed by atoms with Crippen LogP contribution in [0, 0.1) is 3.57 Å². The number of anilines is 1. The van der Waals surface area contributed by atoms with Crippen LogP contribution in [0.1, 0.15) is 28.4 Å². The highest BCUT2D eigenvalue weighted by Crippen LogP contribution is 2.35. The van der Waals surface area contributed by atoms with E-state index in [0.717, 1.165) is 14.9 Å². The average Bonchev–Trinajstić information content (AvgIpc) is 2.91. The maximum atomic E-state index is 13.3. The van der Waals surface area contributed by atoms with E-state index in [1.165, 1.54) is 37.5 Å². The molecule has 11 heteroatoms. The van der Waals surface area contributed by atoms with Crippen molar-refractivity contribution in [2.75, 3.05) is 18.6 Å². The minimum Gasteiger partial charge on any atom is -0.493 e. The van der Waals surface area contributed by atoms with Crippen molar-refractivity contribution in [1.29, 1.82) is 0 Å². The first kappa shape index (κ1) is 28.3. The quantitative estimate of drug-likeness (QED) is 0.143. The number of benzene rings is 3. The molecule has 1 N–H and O–H groups in total. The Morgan fingerprint density at radius 2 is 1.74 bits per heavy atom. The van der Waals surface area contributed by atoms with Crippen LogP contribution in [0.2, 0.25) is 0 Å². The number of amides is 4. The number of hydrogen-bond donors (Lipinski definition) is 1. The lowest BCUT2D eigenvalue weighted by atomic mass is 10.1. The summed E-state index contributed by atoms with van der Waals surface area (Å²) in [6, 6.07) is 15.9. The Balaban J connectivity index is 1.60. The van der Waals surface area contributed by atoms with Gasteiger partial charge in [-0.15, -0.1) is 0 Å². The molecule has 0 bridgehead atoms. The summed E-state index contributed by atoms with van der Waals surface area (Å²) >= 11 is 5.50. The SMILES string of the molecule is CCOC(=O)c1ccc(N2C(=O)NC(=O)/C(=C\c3cc(I)c(OCc4ccc(Br)cc4)c(OC)c3)C2=O)cc1. The third-order valence-electron chi connectivity index (χ3n) is 5.60. The molecule has 1 aliphatic rings. The Morgan fingerprint density at radius 1 is 1.05 bits per heavy atom. The van der Waals surface area contributed by atoms with Crippen LogP contribution in [0.3, 0.4) is 0 Å². The molecule has 200 valence electrons. The number of esters is 1. The van der Waals surface area contributed by atoms with Gasteiger partial charge >= 0.3 is 12.0 Å². The van der Waals surface area contributed by atoms with Crippen LogP contribution in [0.4, 0.5) is 10.5 Å². The van der Waals surface area contributed by atoms with E-state index >= 15 is 0 Å². The fourth-order valence-corrected chi connectivity index (χ4v) is 4.76. The zero-order valence-electron chi connectivity index (χ0n) is 20.8. The summed E-state index contributed by atoms with van der Waals surface area (Å²) in [5.74, 6) is -1.23. The number of carbonyl (C=O) groups is 4. The number of hydrogen-bond acceptors (Lipinski definition) is 7. The number of carbonyl (C=O) groups excluding carboxylic acids is 4. The molecule has 4 amide bonds. The summed E-state index contributed by atoms with van der Waals surface area (Å²) in [5, 5.41) is 2.19. The van der Waals surface area contributed by atoms with Crippen LogP contribution in [0.25, 0.3) is 6.08 Å². The highest BCUT2D eigenvalue weighted by Gasteiger charge is 2.37. The van der Waals surface area contributed by atoms with Gasteiger partial charge in [-0.3, -0.25) is 14.9 Å². The smallest absolute Gasteiger partial charge is 0.338 e. The number of rotatable bonds is 8. The molecular weight excluding hydrogens is 683 g/mol. The van der Waals surface area contributed by atoms with E-state index in [2.05, 4.69) is 43.8 Å². The molecule has 0 aromatic heterocycles. The third kappa shape index (κ3) is 6.48. The van der Waals surface area contributed by atoms with Gasteiger partial charge in [0.25, 0.3) is 11.8 Å². The van der Waals surface area contributed by atoms with Crippen molar-refractivity contribution >= 4 is 74.1 Å². The Morgan fingerprint density at radius 3 is 2.38 bits per heavy atom. The number of nitrogens with one attached hydrogen (secondary N) is 1. The minimum atomic E-state index is -0.894. The normalized spacial score (nSPS) is 14.3. The van der Waals surface area contributed by atoms with Crippen molar-refractivity contribution < 1.29 is 33.4 Å². The van der Waals surface area contributed by atoms with E-state index in [0.29, 0.717) is 27.2 Å². The number of urea groups is 1. The maximum absolute atomic E-state index is 13.3. The predicted molar refractivity (Wildman–Crippen MR) is 156 cm³/mol. The Bertz CT molecular complexity index is 1470. The standard InChI is InChI=1S/C28H22BrIN2O7/c1-3-38-27(35)18-6-10-20(11-7-18)32-26(34)21(25(33)31-28(32)36)12-17-13-22(30)24(23(14-17)37-2)39-15-16-4-8-19(29)9-5-16/h4-14H,3,15H2,1-2H3,(H,31,33,36)/b21-12+. The van der Waals surface area contributed by atoms with Gasteiger partial charge in [-0.2, -0.15) is 0 Å². The summed E-state index contributed by atoms with van der Waals surface area (Å²) in [5.41, 5.74) is 1.67. The fraction of sp³-hybridized carbons (Fsp3) is 0.143. The first-order valence-electron chi connectivity index (χ1n) is 11.6. The molecular formula is C28H22BrIN2O7. The van der Waals surface area contributed by atoms with Crippen molar-refractivity contribution in [2.45, 2.75) is 13.5 Å². The molecule has 0 spiro atoms. The van der Waals surface area contributed by atoms with Crippen LogP contribution in [0.5, 0.6) is 11.5 Å². The zero-order valence-corrected chi connectivity index (χ0v) is 24.6. The van der Waals surface area contributed by atoms with Gasteiger partial charge in [0.15, 0.2) is 11.5 Å². The molecule has 0 atom stereocenters. The second-order valence-electron chi connectivity index (χ2n) is 8.17. The number of imide groups is 2. The topological polar surface area (TPSA) is 111 Å². The molecule has 4 rings (SSSR count). The summed E-state index contributed by atoms with van der Waals surface area (Å²) in [6.45, 7) is 2.22. The Hall–Kier alpha value is -3.71. The van der Waals surface area contributed by atoms with E-state index in [-0.39, 0.29) is 23.4 Å². The monoisotopic (exact) mass is 704 g/mol. The lowest BCUT2D eigenvalue weighted by Gasteiger charge is -2.26. The van der Waals surface area contributed by atoms with Gasteiger partial charge < -0.3 is 14.2 Å². The van der Waals surface area contributed by atoms with Gasteiger partial charge in [-0.25, -0.2) is 14.5 Å². The van der Waals surface area contributed by atoms with Crippen LogP contribution in [0.15, 0.2) is 70.7 Å². The third-order valence-corrected chi connectivity index (χ3v) is 6.93. The van der Waals surface area contributed by atoms with Crippen molar-refractivity contribution in [3.05, 3.63) is 91.0 Å². The van der Waals surface area contributed by atoms with Crippen molar-refractivity contribution in [2.24, 2.45) is 0 Å². The number of barbiturate groups is 1. The Labute approximate surface area is 246 Å². The van der Waals surface area contributed by atoms with E-state index in [1.54, 1.807) is 19.1 Å². The highest BCUT2D eigenvalue weighted by atomic mass is 127. The van der Waals surface area contributed by atoms with Crippen molar-refractivity contribution in [3.8, 4) is 11.5 Å². The van der Waals surface area contributed by atoms with E-state index in [1.807, 2.05) is 24.3 Å². The molecule has 0 saturated carbocycles. The summed E-state index contributed by atoms with van der Waals surface area (Å²) in [4.78, 5) is 51.2. The number of methoxy groups -OCH3 is 1. The number of ether oxygens (including phenoxy) is 3. The summed E-state index contributed by atoms with van der Waals surface area (Å²) < 4.78 is 18.1. The van der Waals surface area contributed by atoms with E-state index in [4.69, 9.17) is 14.2 Å². The summed E-state index contributed by atoms with van der Waals surface area (Å²) in [7, 11) is 1.49. The van der Waals surface area contributed by atoms with Crippen LogP contribution in [-0.4, -0.2) is 37.5 Å². The predicted octanol–water partition coefficient (Wildman–Crippen LogP) is 5.48. The van der Waals surface area contributed by atoms with Crippen LogP contribution < -0.4 is 19.7 Å². The van der Waals surface area contributed by atoms with Gasteiger partial charge in [0.1, 0.15) is 12.2 Å². The molecule has 9 nitrogen and oxygen atoms in total. The minimum absolute atomic E-state index is 0.188. The molecule has 1 saturated heterocycles. The average molecular weight is 705 g/mol. The van der Waals surface area contributed by atoms with Gasteiger partial charge in [0.05, 0.1) is 28.5 Å². The maximum Gasteiger partial charge on any atom is 0.338 e. The first-order valence-corrected chi connectivity index (χ1v) is 13.5. The Kier molecular flexibility index (Phi) is 9.02. The second-order valence-corrected chi connectivity index (χ2v) is 10.3. The van der Waals surface area contributed by atoms with Gasteiger partial charge in [0.2, 0.25) is 0 Å². The highest BCUT2D eigenvalue weighted by molar-refractivity contribution is 14.1. The zero-order chi connectivity index (χ0) is 28.1. The van der Waals surface area contributed by atoms with E-state index < -0.39 is 23.8 Å². The van der Waals surface area contributed by atoms with Gasteiger partial charge in [-0.05, 0) is 95.2 Å². The first-order chi connectivity index (χ1) is 18.7. The lowest BCUT2D eigenvalue weighted by molar-refractivity contribution is -0.122.